The zero-order valence-corrected chi connectivity index (χ0v) is 9.48. The minimum Gasteiger partial charge on any atom is -0.495 e. The lowest BCUT2D eigenvalue weighted by molar-refractivity contribution is 0.408. The molecule has 0 aliphatic rings. The number of aromatic nitrogens is 1. The maximum absolute atomic E-state index is 12.8. The van der Waals surface area contributed by atoms with Crippen molar-refractivity contribution in [2.75, 3.05) is 7.11 Å². The first-order valence-electron chi connectivity index (χ1n) is 5.23. The number of methoxy groups -OCH3 is 1. The average molecular weight is 232 g/mol. The van der Waals surface area contributed by atoms with E-state index in [0.717, 1.165) is 16.8 Å². The summed E-state index contributed by atoms with van der Waals surface area (Å²) in [6.07, 6.45) is 1.63. The molecule has 17 heavy (non-hydrogen) atoms. The maximum Gasteiger partial charge on any atom is 0.141 e. The van der Waals surface area contributed by atoms with Gasteiger partial charge in [0.25, 0.3) is 0 Å². The summed E-state index contributed by atoms with van der Waals surface area (Å²) in [5.74, 6) is 0.402. The van der Waals surface area contributed by atoms with Gasteiger partial charge < -0.3 is 10.5 Å². The van der Waals surface area contributed by atoms with E-state index in [1.807, 2.05) is 6.07 Å². The molecule has 1 aromatic carbocycles. The molecule has 0 atom stereocenters. The first kappa shape index (κ1) is 11.5. The Labute approximate surface area is 99.1 Å². The number of nitrogens with zero attached hydrogens (tertiary/aromatic N) is 1. The SMILES string of the molecule is COc1cnc(-c2ccc(F)cc2)cc1CN. The highest BCUT2D eigenvalue weighted by atomic mass is 19.1. The minimum atomic E-state index is -0.263. The molecular weight excluding hydrogens is 219 g/mol. The fourth-order valence-electron chi connectivity index (χ4n) is 1.61. The largest absolute Gasteiger partial charge is 0.495 e. The number of pyridine rings is 1. The summed E-state index contributed by atoms with van der Waals surface area (Å²) in [4.78, 5) is 4.26. The second-order valence-corrected chi connectivity index (χ2v) is 3.59. The van der Waals surface area contributed by atoms with Crippen LogP contribution >= 0.6 is 0 Å². The van der Waals surface area contributed by atoms with Gasteiger partial charge >= 0.3 is 0 Å². The first-order chi connectivity index (χ1) is 8.24. The van der Waals surface area contributed by atoms with E-state index in [9.17, 15) is 4.39 Å². The summed E-state index contributed by atoms with van der Waals surface area (Å²) in [6.45, 7) is 0.375. The number of hydrogen-bond donors (Lipinski definition) is 1. The van der Waals surface area contributed by atoms with Crippen LogP contribution in [0.2, 0.25) is 0 Å². The molecule has 2 rings (SSSR count). The fraction of sp³-hybridized carbons (Fsp3) is 0.154. The second kappa shape index (κ2) is 4.93. The van der Waals surface area contributed by atoms with Crippen LogP contribution in [0.1, 0.15) is 5.56 Å². The Morgan fingerprint density at radius 3 is 2.59 bits per heavy atom. The predicted molar refractivity (Wildman–Crippen MR) is 64.1 cm³/mol. The van der Waals surface area contributed by atoms with Crippen LogP contribution in [0.15, 0.2) is 36.5 Å². The van der Waals surface area contributed by atoms with E-state index in [4.69, 9.17) is 10.5 Å². The van der Waals surface area contributed by atoms with E-state index in [2.05, 4.69) is 4.98 Å². The van der Waals surface area contributed by atoms with Gasteiger partial charge in [-0.25, -0.2) is 4.39 Å². The molecule has 0 saturated carbocycles. The third-order valence-corrected chi connectivity index (χ3v) is 2.53. The van der Waals surface area contributed by atoms with Crippen molar-refractivity contribution in [3.05, 3.63) is 47.9 Å². The highest BCUT2D eigenvalue weighted by molar-refractivity contribution is 5.60. The van der Waals surface area contributed by atoms with Crippen molar-refractivity contribution in [3.8, 4) is 17.0 Å². The molecule has 0 amide bonds. The first-order valence-corrected chi connectivity index (χ1v) is 5.23. The van der Waals surface area contributed by atoms with Gasteiger partial charge in [-0.3, -0.25) is 4.98 Å². The molecule has 0 bridgehead atoms. The van der Waals surface area contributed by atoms with Gasteiger partial charge in [-0.1, -0.05) is 0 Å². The lowest BCUT2D eigenvalue weighted by atomic mass is 10.1. The molecule has 2 aromatic rings. The van der Waals surface area contributed by atoms with Gasteiger partial charge in [0.05, 0.1) is 19.0 Å². The number of benzene rings is 1. The molecule has 1 heterocycles. The van der Waals surface area contributed by atoms with Crippen LogP contribution in [0, 0.1) is 5.82 Å². The Hall–Kier alpha value is -1.94. The Kier molecular flexibility index (Phi) is 3.35. The molecule has 2 N–H and O–H groups in total. The van der Waals surface area contributed by atoms with Gasteiger partial charge in [-0.05, 0) is 30.3 Å². The van der Waals surface area contributed by atoms with Gasteiger partial charge in [0.2, 0.25) is 0 Å². The smallest absolute Gasteiger partial charge is 0.141 e. The molecule has 0 unspecified atom stereocenters. The third-order valence-electron chi connectivity index (χ3n) is 2.53. The Balaban J connectivity index is 2.42. The van der Waals surface area contributed by atoms with Gasteiger partial charge in [-0.2, -0.15) is 0 Å². The van der Waals surface area contributed by atoms with Gasteiger partial charge in [-0.15, -0.1) is 0 Å². The third kappa shape index (κ3) is 2.42. The summed E-state index contributed by atoms with van der Waals surface area (Å²) in [5.41, 5.74) is 8.11. The van der Waals surface area contributed by atoms with Crippen LogP contribution in [-0.4, -0.2) is 12.1 Å². The molecule has 3 nitrogen and oxygen atoms in total. The standard InChI is InChI=1S/C13H13FN2O/c1-17-13-8-16-12(6-10(13)7-15)9-2-4-11(14)5-3-9/h2-6,8H,7,15H2,1H3. The highest BCUT2D eigenvalue weighted by Gasteiger charge is 2.06. The average Bonchev–Trinajstić information content (AvgIpc) is 2.39. The van der Waals surface area contributed by atoms with E-state index < -0.39 is 0 Å². The van der Waals surface area contributed by atoms with E-state index in [1.165, 1.54) is 12.1 Å². The second-order valence-electron chi connectivity index (χ2n) is 3.59. The summed E-state index contributed by atoms with van der Waals surface area (Å²) < 4.78 is 17.9. The van der Waals surface area contributed by atoms with E-state index in [-0.39, 0.29) is 5.82 Å². The maximum atomic E-state index is 12.8. The molecule has 0 aliphatic carbocycles. The monoisotopic (exact) mass is 232 g/mol. The zero-order valence-electron chi connectivity index (χ0n) is 9.48. The van der Waals surface area contributed by atoms with Crippen molar-refractivity contribution in [2.24, 2.45) is 5.73 Å². The van der Waals surface area contributed by atoms with E-state index >= 15 is 0 Å². The number of rotatable bonds is 3. The molecule has 0 aliphatic heterocycles. The quantitative estimate of drug-likeness (QED) is 0.883. The summed E-state index contributed by atoms with van der Waals surface area (Å²) in [5, 5.41) is 0. The topological polar surface area (TPSA) is 48.1 Å². The normalized spacial score (nSPS) is 10.3. The number of halogens is 1. The summed E-state index contributed by atoms with van der Waals surface area (Å²) in [7, 11) is 1.58. The van der Waals surface area contributed by atoms with E-state index in [1.54, 1.807) is 25.4 Å². The molecule has 0 fully saturated rings. The van der Waals surface area contributed by atoms with Crippen molar-refractivity contribution >= 4 is 0 Å². The number of nitrogens with two attached hydrogens (primary N) is 1. The lowest BCUT2D eigenvalue weighted by Crippen LogP contribution is -2.01. The van der Waals surface area contributed by atoms with Gasteiger partial charge in [0.1, 0.15) is 11.6 Å². The van der Waals surface area contributed by atoms with Crippen molar-refractivity contribution in [1.29, 1.82) is 0 Å². The van der Waals surface area contributed by atoms with Gasteiger partial charge in [0.15, 0.2) is 0 Å². The zero-order chi connectivity index (χ0) is 12.3. The van der Waals surface area contributed by atoms with Crippen LogP contribution in [-0.2, 0) is 6.54 Å². The van der Waals surface area contributed by atoms with Crippen LogP contribution in [0.4, 0.5) is 4.39 Å². The predicted octanol–water partition coefficient (Wildman–Crippen LogP) is 2.35. The van der Waals surface area contributed by atoms with Crippen molar-refractivity contribution in [3.63, 3.8) is 0 Å². The molecule has 0 radical (unpaired) electrons. The van der Waals surface area contributed by atoms with Crippen LogP contribution in [0.3, 0.4) is 0 Å². The van der Waals surface area contributed by atoms with Crippen molar-refractivity contribution < 1.29 is 9.13 Å². The molecule has 0 spiro atoms. The van der Waals surface area contributed by atoms with Crippen LogP contribution < -0.4 is 10.5 Å². The Morgan fingerprint density at radius 2 is 2.00 bits per heavy atom. The van der Waals surface area contributed by atoms with Crippen LogP contribution in [0.5, 0.6) is 5.75 Å². The molecule has 88 valence electrons. The Morgan fingerprint density at radius 1 is 1.29 bits per heavy atom. The molecule has 0 saturated heterocycles. The van der Waals surface area contributed by atoms with Crippen LogP contribution in [0.25, 0.3) is 11.3 Å². The lowest BCUT2D eigenvalue weighted by Gasteiger charge is -2.08. The Bertz CT molecular complexity index is 511. The molecular formula is C13H13FN2O. The number of ether oxygens (including phenoxy) is 1. The van der Waals surface area contributed by atoms with Crippen molar-refractivity contribution in [2.45, 2.75) is 6.54 Å². The number of hydrogen-bond acceptors (Lipinski definition) is 3. The van der Waals surface area contributed by atoms with Crippen molar-refractivity contribution in [1.82, 2.24) is 4.98 Å². The summed E-state index contributed by atoms with van der Waals surface area (Å²) >= 11 is 0. The fourth-order valence-corrected chi connectivity index (χ4v) is 1.61. The minimum absolute atomic E-state index is 0.263. The van der Waals surface area contributed by atoms with E-state index in [0.29, 0.717) is 12.3 Å². The van der Waals surface area contributed by atoms with Gasteiger partial charge in [0, 0.05) is 17.7 Å². The summed E-state index contributed by atoms with van der Waals surface area (Å²) in [6, 6.07) is 8.04. The highest BCUT2D eigenvalue weighted by Crippen LogP contribution is 2.23. The molecule has 4 heteroatoms. The molecule has 1 aromatic heterocycles.